The second kappa shape index (κ2) is 13.3. The van der Waals surface area contributed by atoms with Crippen molar-refractivity contribution in [2.75, 3.05) is 33.4 Å². The minimum atomic E-state index is 0. The number of ether oxygens (including phenoxy) is 1. The molecule has 0 saturated heterocycles. The number of aromatic nitrogens is 1. The fourth-order valence-electron chi connectivity index (χ4n) is 2.39. The zero-order chi connectivity index (χ0) is 17.9. The molecule has 2 aromatic rings. The van der Waals surface area contributed by atoms with Crippen molar-refractivity contribution >= 4 is 51.5 Å². The first-order chi connectivity index (χ1) is 12.2. The Balaban J connectivity index is 0.00000338. The van der Waals surface area contributed by atoms with Crippen LogP contribution in [0.1, 0.15) is 31.7 Å². The molecule has 0 saturated carbocycles. The molecule has 0 spiro atoms. The van der Waals surface area contributed by atoms with Crippen molar-refractivity contribution in [2.45, 2.75) is 33.1 Å². The van der Waals surface area contributed by atoms with E-state index in [-0.39, 0.29) is 24.0 Å². The molecule has 146 valence electrons. The van der Waals surface area contributed by atoms with Gasteiger partial charge < -0.3 is 15.4 Å². The Bertz CT molecular complexity index is 627. The number of fused-ring (bicyclic) bond motifs is 1. The molecular formula is C19H31IN4OS. The van der Waals surface area contributed by atoms with Crippen LogP contribution in [-0.4, -0.2) is 44.3 Å². The van der Waals surface area contributed by atoms with Crippen molar-refractivity contribution in [3.63, 3.8) is 0 Å². The van der Waals surface area contributed by atoms with Gasteiger partial charge in [0.15, 0.2) is 5.96 Å². The number of hydrogen-bond acceptors (Lipinski definition) is 4. The fraction of sp³-hybridized carbons (Fsp3) is 0.579. The van der Waals surface area contributed by atoms with E-state index >= 15 is 0 Å². The highest BCUT2D eigenvalue weighted by Crippen LogP contribution is 2.22. The maximum absolute atomic E-state index is 5.58. The third-order valence-electron chi connectivity index (χ3n) is 3.63. The van der Waals surface area contributed by atoms with Gasteiger partial charge in [-0.2, -0.15) is 0 Å². The number of thiazole rings is 1. The number of hydrogen-bond donors (Lipinski definition) is 2. The third kappa shape index (κ3) is 8.64. The van der Waals surface area contributed by atoms with Crippen LogP contribution < -0.4 is 10.6 Å². The SMILES string of the molecule is CN=C(NCCCOCC(C)C)NCCCc1nc2ccccc2s1.I. The van der Waals surface area contributed by atoms with Gasteiger partial charge in [-0.1, -0.05) is 26.0 Å². The number of aliphatic imine (C=N–C) groups is 1. The van der Waals surface area contributed by atoms with Gasteiger partial charge in [0.2, 0.25) is 0 Å². The number of nitrogens with one attached hydrogen (secondary N) is 2. The standard InChI is InChI=1S/C19H30N4OS.HI/c1-15(2)14-24-13-7-12-22-19(20-3)21-11-6-10-18-23-16-8-4-5-9-17(16)25-18;/h4-5,8-9,15H,6-7,10-14H2,1-3H3,(H2,20,21,22);1H. The van der Waals surface area contributed by atoms with Crippen molar-refractivity contribution in [1.82, 2.24) is 15.6 Å². The Labute approximate surface area is 178 Å². The number of aryl methyl sites for hydroxylation is 1. The Morgan fingerprint density at radius 1 is 1.19 bits per heavy atom. The highest BCUT2D eigenvalue weighted by Gasteiger charge is 2.03. The fourth-order valence-corrected chi connectivity index (χ4v) is 3.40. The number of para-hydroxylation sites is 1. The molecule has 26 heavy (non-hydrogen) atoms. The molecule has 2 rings (SSSR count). The lowest BCUT2D eigenvalue weighted by Gasteiger charge is -2.12. The van der Waals surface area contributed by atoms with Gasteiger partial charge in [0.1, 0.15) is 0 Å². The predicted molar refractivity (Wildman–Crippen MR) is 123 cm³/mol. The van der Waals surface area contributed by atoms with Crippen molar-refractivity contribution in [2.24, 2.45) is 10.9 Å². The summed E-state index contributed by atoms with van der Waals surface area (Å²) in [5.41, 5.74) is 1.10. The van der Waals surface area contributed by atoms with Crippen LogP contribution in [0.4, 0.5) is 0 Å². The molecule has 0 atom stereocenters. The largest absolute Gasteiger partial charge is 0.381 e. The van der Waals surface area contributed by atoms with Crippen molar-refractivity contribution < 1.29 is 4.74 Å². The topological polar surface area (TPSA) is 58.5 Å². The van der Waals surface area contributed by atoms with Crippen molar-refractivity contribution in [3.05, 3.63) is 29.3 Å². The summed E-state index contributed by atoms with van der Waals surface area (Å²) >= 11 is 1.79. The zero-order valence-electron chi connectivity index (χ0n) is 16.0. The number of benzene rings is 1. The molecular weight excluding hydrogens is 459 g/mol. The van der Waals surface area contributed by atoms with Crippen LogP contribution in [0.15, 0.2) is 29.3 Å². The van der Waals surface area contributed by atoms with E-state index in [2.05, 4.69) is 52.7 Å². The minimum absolute atomic E-state index is 0. The molecule has 5 nitrogen and oxygen atoms in total. The summed E-state index contributed by atoms with van der Waals surface area (Å²) in [5.74, 6) is 1.45. The van der Waals surface area contributed by atoms with Gasteiger partial charge >= 0.3 is 0 Å². The Morgan fingerprint density at radius 2 is 1.92 bits per heavy atom. The maximum Gasteiger partial charge on any atom is 0.190 e. The summed E-state index contributed by atoms with van der Waals surface area (Å²) in [6.07, 6.45) is 3.02. The molecule has 1 heterocycles. The number of guanidine groups is 1. The molecule has 0 fully saturated rings. The summed E-state index contributed by atoms with van der Waals surface area (Å²) in [7, 11) is 1.80. The first-order valence-electron chi connectivity index (χ1n) is 9.05. The summed E-state index contributed by atoms with van der Waals surface area (Å²) in [4.78, 5) is 8.92. The molecule has 7 heteroatoms. The van der Waals surface area contributed by atoms with E-state index in [0.717, 1.165) is 57.0 Å². The van der Waals surface area contributed by atoms with E-state index in [1.807, 2.05) is 6.07 Å². The summed E-state index contributed by atoms with van der Waals surface area (Å²) in [6, 6.07) is 8.31. The lowest BCUT2D eigenvalue weighted by molar-refractivity contribution is 0.108. The molecule has 0 aliphatic carbocycles. The van der Waals surface area contributed by atoms with Crippen molar-refractivity contribution in [3.8, 4) is 0 Å². The number of nitrogens with zero attached hydrogens (tertiary/aromatic N) is 2. The first-order valence-corrected chi connectivity index (χ1v) is 9.87. The Morgan fingerprint density at radius 3 is 2.62 bits per heavy atom. The van der Waals surface area contributed by atoms with Crippen LogP contribution in [-0.2, 0) is 11.2 Å². The molecule has 0 aliphatic heterocycles. The number of halogens is 1. The van der Waals surface area contributed by atoms with Gasteiger partial charge in [0, 0.05) is 39.8 Å². The van der Waals surface area contributed by atoms with Gasteiger partial charge in [-0.15, -0.1) is 35.3 Å². The smallest absolute Gasteiger partial charge is 0.190 e. The lowest BCUT2D eigenvalue weighted by atomic mass is 10.2. The van der Waals surface area contributed by atoms with Crippen LogP contribution in [0.3, 0.4) is 0 Å². The van der Waals surface area contributed by atoms with Crippen LogP contribution in [0.5, 0.6) is 0 Å². The minimum Gasteiger partial charge on any atom is -0.381 e. The van der Waals surface area contributed by atoms with E-state index in [1.54, 1.807) is 18.4 Å². The molecule has 0 bridgehead atoms. The molecule has 2 N–H and O–H groups in total. The highest BCUT2D eigenvalue weighted by molar-refractivity contribution is 14.0. The predicted octanol–water partition coefficient (Wildman–Crippen LogP) is 4.07. The molecule has 0 amide bonds. The van der Waals surface area contributed by atoms with Gasteiger partial charge in [-0.25, -0.2) is 4.98 Å². The van der Waals surface area contributed by atoms with E-state index in [0.29, 0.717) is 5.92 Å². The van der Waals surface area contributed by atoms with E-state index in [1.165, 1.54) is 9.71 Å². The zero-order valence-corrected chi connectivity index (χ0v) is 19.1. The monoisotopic (exact) mass is 490 g/mol. The quantitative estimate of drug-likeness (QED) is 0.228. The normalized spacial score (nSPS) is 11.6. The lowest BCUT2D eigenvalue weighted by Crippen LogP contribution is -2.38. The van der Waals surface area contributed by atoms with Crippen LogP contribution in [0.25, 0.3) is 10.2 Å². The Kier molecular flexibility index (Phi) is 11.8. The molecule has 1 aromatic heterocycles. The molecule has 0 radical (unpaired) electrons. The summed E-state index contributed by atoms with van der Waals surface area (Å²) < 4.78 is 6.84. The maximum atomic E-state index is 5.58. The summed E-state index contributed by atoms with van der Waals surface area (Å²) in [6.45, 7) is 7.71. The molecule has 0 aliphatic rings. The second-order valence-electron chi connectivity index (χ2n) is 6.43. The van der Waals surface area contributed by atoms with Gasteiger partial charge in [-0.05, 0) is 30.9 Å². The number of rotatable bonds is 10. The Hall–Kier alpha value is -0.930. The van der Waals surface area contributed by atoms with E-state index in [9.17, 15) is 0 Å². The summed E-state index contributed by atoms with van der Waals surface area (Å²) in [5, 5.41) is 7.88. The van der Waals surface area contributed by atoms with Crippen LogP contribution >= 0.6 is 35.3 Å². The van der Waals surface area contributed by atoms with Crippen LogP contribution in [0.2, 0.25) is 0 Å². The van der Waals surface area contributed by atoms with Crippen molar-refractivity contribution in [1.29, 1.82) is 0 Å². The highest BCUT2D eigenvalue weighted by atomic mass is 127. The third-order valence-corrected chi connectivity index (χ3v) is 4.73. The first kappa shape index (κ1) is 23.1. The van der Waals surface area contributed by atoms with Crippen LogP contribution in [0, 0.1) is 5.92 Å². The average molecular weight is 490 g/mol. The van der Waals surface area contributed by atoms with Gasteiger partial charge in [-0.3, -0.25) is 4.99 Å². The average Bonchev–Trinajstić information content (AvgIpc) is 3.02. The van der Waals surface area contributed by atoms with E-state index < -0.39 is 0 Å². The second-order valence-corrected chi connectivity index (χ2v) is 7.54. The van der Waals surface area contributed by atoms with E-state index in [4.69, 9.17) is 4.74 Å². The molecule has 1 aromatic carbocycles. The molecule has 0 unspecified atom stereocenters. The van der Waals surface area contributed by atoms with Gasteiger partial charge in [0.05, 0.1) is 15.2 Å². The van der Waals surface area contributed by atoms with Gasteiger partial charge in [0.25, 0.3) is 0 Å².